The summed E-state index contributed by atoms with van der Waals surface area (Å²) in [5.41, 5.74) is 0.667. The number of para-hydroxylation sites is 1. The van der Waals surface area contributed by atoms with Crippen molar-refractivity contribution in [2.75, 3.05) is 10.6 Å². The average molecular weight is 421 g/mol. The lowest BCUT2D eigenvalue weighted by molar-refractivity contribution is -0.114. The van der Waals surface area contributed by atoms with Gasteiger partial charge >= 0.3 is 6.61 Å². The highest BCUT2D eigenvalue weighted by Crippen LogP contribution is 2.29. The summed E-state index contributed by atoms with van der Waals surface area (Å²) < 4.78 is 43.7. The fourth-order valence-electron chi connectivity index (χ4n) is 2.48. The largest absolute Gasteiger partial charge is 0.434 e. The van der Waals surface area contributed by atoms with E-state index in [0.717, 1.165) is 17.4 Å². The van der Waals surface area contributed by atoms with Crippen LogP contribution in [0.2, 0.25) is 0 Å². The number of carbonyl (C=O) groups is 2. The molecule has 0 aliphatic carbocycles. The lowest BCUT2D eigenvalue weighted by Gasteiger charge is -2.09. The molecule has 0 atom stereocenters. The first-order chi connectivity index (χ1) is 13.8. The number of nitrogens with one attached hydrogen (secondary N) is 2. The minimum Gasteiger partial charge on any atom is -0.434 e. The number of nitrogens with zero attached hydrogens (tertiary/aromatic N) is 1. The number of amides is 2. The van der Waals surface area contributed by atoms with Crippen LogP contribution in [0.15, 0.2) is 47.8 Å². The van der Waals surface area contributed by atoms with E-state index < -0.39 is 18.3 Å². The fraction of sp³-hybridized carbons (Fsp3) is 0.105. The molecule has 0 radical (unpaired) electrons. The van der Waals surface area contributed by atoms with Gasteiger partial charge in [0.15, 0.2) is 5.13 Å². The molecule has 0 aliphatic rings. The molecule has 0 saturated heterocycles. The highest BCUT2D eigenvalue weighted by molar-refractivity contribution is 7.14. The van der Waals surface area contributed by atoms with Gasteiger partial charge in [-0.15, -0.1) is 11.3 Å². The van der Waals surface area contributed by atoms with Crippen molar-refractivity contribution in [1.82, 2.24) is 4.98 Å². The Labute approximate surface area is 167 Å². The van der Waals surface area contributed by atoms with Gasteiger partial charge in [-0.3, -0.25) is 14.9 Å². The van der Waals surface area contributed by atoms with Gasteiger partial charge in [0.1, 0.15) is 11.6 Å². The van der Waals surface area contributed by atoms with E-state index in [4.69, 9.17) is 0 Å². The smallest absolute Gasteiger partial charge is 0.387 e. The molecule has 0 aliphatic heterocycles. The van der Waals surface area contributed by atoms with E-state index in [1.54, 1.807) is 0 Å². The summed E-state index contributed by atoms with van der Waals surface area (Å²) in [7, 11) is 0. The number of anilines is 2. The van der Waals surface area contributed by atoms with Crippen molar-refractivity contribution >= 4 is 34.0 Å². The minimum absolute atomic E-state index is 0.0876. The third-order valence-electron chi connectivity index (χ3n) is 3.64. The standard InChI is InChI=1S/C19H14F3N3O3S/c1-10(26)23-11-6-7-12(14(20)8-11)15-9-29-19(24-15)25-17(27)13-4-2-3-5-16(13)28-18(21)22/h2-9,18H,1H3,(H,23,26)(H,24,25,27). The van der Waals surface area contributed by atoms with Crippen molar-refractivity contribution in [2.24, 2.45) is 0 Å². The quantitative estimate of drug-likeness (QED) is 0.601. The molecular weight excluding hydrogens is 407 g/mol. The molecule has 0 fully saturated rings. The number of ether oxygens (including phenoxy) is 1. The first kappa shape index (κ1) is 20.3. The third-order valence-corrected chi connectivity index (χ3v) is 4.40. The Morgan fingerprint density at radius 3 is 2.59 bits per heavy atom. The van der Waals surface area contributed by atoms with Crippen LogP contribution in [-0.2, 0) is 4.79 Å². The highest BCUT2D eigenvalue weighted by Gasteiger charge is 2.17. The Bertz CT molecular complexity index is 1060. The van der Waals surface area contributed by atoms with Crippen LogP contribution in [-0.4, -0.2) is 23.4 Å². The molecule has 3 rings (SSSR count). The predicted octanol–water partition coefficient (Wildman–Crippen LogP) is 4.76. The third kappa shape index (κ3) is 5.11. The summed E-state index contributed by atoms with van der Waals surface area (Å²) in [6, 6.07) is 9.69. The second-order valence-electron chi connectivity index (χ2n) is 5.74. The van der Waals surface area contributed by atoms with E-state index in [-0.39, 0.29) is 33.6 Å². The van der Waals surface area contributed by atoms with Crippen LogP contribution in [0.3, 0.4) is 0 Å². The van der Waals surface area contributed by atoms with Gasteiger partial charge in [-0.25, -0.2) is 9.37 Å². The summed E-state index contributed by atoms with van der Waals surface area (Å²) in [5.74, 6) is -1.89. The summed E-state index contributed by atoms with van der Waals surface area (Å²) in [6.45, 7) is -1.76. The number of hydrogen-bond acceptors (Lipinski definition) is 5. The molecule has 2 amide bonds. The Morgan fingerprint density at radius 1 is 1.14 bits per heavy atom. The summed E-state index contributed by atoms with van der Waals surface area (Å²) >= 11 is 1.04. The van der Waals surface area contributed by atoms with Crippen LogP contribution in [0.25, 0.3) is 11.3 Å². The lowest BCUT2D eigenvalue weighted by atomic mass is 10.1. The molecule has 0 unspecified atom stereocenters. The molecule has 29 heavy (non-hydrogen) atoms. The van der Waals surface area contributed by atoms with E-state index in [2.05, 4.69) is 20.4 Å². The fourth-order valence-corrected chi connectivity index (χ4v) is 3.18. The van der Waals surface area contributed by atoms with Crippen LogP contribution >= 0.6 is 11.3 Å². The Morgan fingerprint density at radius 2 is 1.90 bits per heavy atom. The normalized spacial score (nSPS) is 10.7. The molecule has 0 bridgehead atoms. The number of carbonyl (C=O) groups excluding carboxylic acids is 2. The van der Waals surface area contributed by atoms with E-state index >= 15 is 0 Å². The van der Waals surface area contributed by atoms with Crippen molar-refractivity contribution in [3.05, 3.63) is 59.2 Å². The second-order valence-corrected chi connectivity index (χ2v) is 6.60. The molecule has 1 heterocycles. The number of aromatic nitrogens is 1. The molecular formula is C19H14F3N3O3S. The number of hydrogen-bond donors (Lipinski definition) is 2. The lowest BCUT2D eigenvalue weighted by Crippen LogP contribution is -2.14. The van der Waals surface area contributed by atoms with E-state index in [0.29, 0.717) is 5.69 Å². The van der Waals surface area contributed by atoms with Crippen molar-refractivity contribution in [1.29, 1.82) is 0 Å². The van der Waals surface area contributed by atoms with Crippen LogP contribution < -0.4 is 15.4 Å². The zero-order valence-electron chi connectivity index (χ0n) is 14.9. The summed E-state index contributed by atoms with van der Waals surface area (Å²) in [5, 5.41) is 6.65. The minimum atomic E-state index is -3.07. The molecule has 2 N–H and O–H groups in total. The van der Waals surface area contributed by atoms with Crippen molar-refractivity contribution in [3.63, 3.8) is 0 Å². The highest BCUT2D eigenvalue weighted by atomic mass is 32.1. The van der Waals surface area contributed by atoms with Gasteiger partial charge in [0.05, 0.1) is 11.3 Å². The van der Waals surface area contributed by atoms with Crippen LogP contribution in [0.4, 0.5) is 24.0 Å². The van der Waals surface area contributed by atoms with Gasteiger partial charge < -0.3 is 10.1 Å². The maximum atomic E-state index is 14.3. The zero-order valence-corrected chi connectivity index (χ0v) is 15.7. The Kier molecular flexibility index (Phi) is 6.13. The second kappa shape index (κ2) is 8.74. The number of rotatable bonds is 6. The number of thiazole rings is 1. The monoisotopic (exact) mass is 421 g/mol. The molecule has 6 nitrogen and oxygen atoms in total. The first-order valence-electron chi connectivity index (χ1n) is 8.21. The van der Waals surface area contributed by atoms with Gasteiger partial charge in [0.25, 0.3) is 5.91 Å². The van der Waals surface area contributed by atoms with Gasteiger partial charge in [-0.2, -0.15) is 8.78 Å². The first-order valence-corrected chi connectivity index (χ1v) is 9.09. The van der Waals surface area contributed by atoms with E-state index in [1.165, 1.54) is 48.7 Å². The van der Waals surface area contributed by atoms with Crippen LogP contribution in [0, 0.1) is 5.82 Å². The van der Waals surface area contributed by atoms with E-state index in [1.807, 2.05) is 0 Å². The van der Waals surface area contributed by atoms with Crippen LogP contribution in [0.5, 0.6) is 5.75 Å². The van der Waals surface area contributed by atoms with Crippen LogP contribution in [0.1, 0.15) is 17.3 Å². The Balaban J connectivity index is 1.78. The zero-order chi connectivity index (χ0) is 21.0. The maximum Gasteiger partial charge on any atom is 0.387 e. The number of alkyl halides is 2. The molecule has 3 aromatic rings. The number of benzene rings is 2. The maximum absolute atomic E-state index is 14.3. The predicted molar refractivity (Wildman–Crippen MR) is 103 cm³/mol. The topological polar surface area (TPSA) is 80.3 Å². The van der Waals surface area contributed by atoms with Crippen molar-refractivity contribution < 1.29 is 27.5 Å². The molecule has 2 aromatic carbocycles. The number of halogens is 3. The van der Waals surface area contributed by atoms with Gasteiger partial charge in [0, 0.05) is 23.6 Å². The molecule has 150 valence electrons. The van der Waals surface area contributed by atoms with E-state index in [9.17, 15) is 22.8 Å². The average Bonchev–Trinajstić information content (AvgIpc) is 3.09. The Hall–Kier alpha value is -3.40. The molecule has 1 aromatic heterocycles. The van der Waals surface area contributed by atoms with Crippen molar-refractivity contribution in [3.8, 4) is 17.0 Å². The molecule has 10 heteroatoms. The summed E-state index contributed by atoms with van der Waals surface area (Å²) in [4.78, 5) is 27.6. The van der Waals surface area contributed by atoms with Crippen molar-refractivity contribution in [2.45, 2.75) is 13.5 Å². The molecule has 0 saturated carbocycles. The van der Waals surface area contributed by atoms with Gasteiger partial charge in [0.2, 0.25) is 5.91 Å². The molecule has 0 spiro atoms. The van der Waals surface area contributed by atoms with Gasteiger partial charge in [-0.05, 0) is 30.3 Å². The van der Waals surface area contributed by atoms with Gasteiger partial charge in [-0.1, -0.05) is 12.1 Å². The SMILES string of the molecule is CC(=O)Nc1ccc(-c2csc(NC(=O)c3ccccc3OC(F)F)n2)c(F)c1. The summed E-state index contributed by atoms with van der Waals surface area (Å²) in [6.07, 6.45) is 0.